The minimum atomic E-state index is -4.99. The van der Waals surface area contributed by atoms with Crippen molar-refractivity contribution in [2.75, 3.05) is 12.4 Å². The summed E-state index contributed by atoms with van der Waals surface area (Å²) in [5.74, 6) is -3.10. The van der Waals surface area contributed by atoms with Gasteiger partial charge in [0.15, 0.2) is 0 Å². The Hall–Kier alpha value is -3.62. The van der Waals surface area contributed by atoms with Gasteiger partial charge in [-0.15, -0.1) is 0 Å². The number of benzene rings is 2. The number of anilines is 1. The van der Waals surface area contributed by atoms with Crippen molar-refractivity contribution in [2.45, 2.75) is 18.6 Å². The van der Waals surface area contributed by atoms with Crippen molar-refractivity contribution in [3.8, 4) is 0 Å². The largest absolute Gasteiger partial charge is 0.465 e. The van der Waals surface area contributed by atoms with E-state index >= 15 is 0 Å². The zero-order valence-electron chi connectivity index (χ0n) is 15.9. The van der Waals surface area contributed by atoms with Crippen molar-refractivity contribution < 1.29 is 32.3 Å². The molecule has 0 bridgehead atoms. The second-order valence-electron chi connectivity index (χ2n) is 6.16. The number of allylic oxidation sites excluding steroid dienone is 1. The van der Waals surface area contributed by atoms with Crippen LogP contribution in [-0.4, -0.2) is 37.0 Å². The number of ether oxygens (including phenoxy) is 1. The van der Waals surface area contributed by atoms with E-state index in [0.29, 0.717) is 17.3 Å². The first-order chi connectivity index (χ1) is 14.2. The summed E-state index contributed by atoms with van der Waals surface area (Å²) in [5.41, 5.74) is 1.44. The van der Waals surface area contributed by atoms with Crippen LogP contribution in [0.4, 0.5) is 18.9 Å². The number of alkyl halides is 3. The molecule has 0 saturated carbocycles. The molecule has 2 rings (SSSR count). The highest BCUT2D eigenvalue weighted by Crippen LogP contribution is 2.16. The number of hydrogen-bond acceptors (Lipinski definition) is 5. The fourth-order valence-electron chi connectivity index (χ4n) is 2.45. The third kappa shape index (κ3) is 6.77. The Bertz CT molecular complexity index is 910. The topological polar surface area (TPSA) is 84.5 Å². The lowest BCUT2D eigenvalue weighted by Gasteiger charge is -2.17. The molecular weight excluding hydrogens is 401 g/mol. The Morgan fingerprint density at radius 1 is 1.03 bits per heavy atom. The molecule has 2 aromatic carbocycles. The van der Waals surface area contributed by atoms with Crippen molar-refractivity contribution in [2.24, 2.45) is 0 Å². The lowest BCUT2D eigenvalue weighted by molar-refractivity contribution is -0.165. The second-order valence-corrected chi connectivity index (χ2v) is 6.16. The minimum absolute atomic E-state index is 0.164. The van der Waals surface area contributed by atoms with Crippen LogP contribution in [0.3, 0.4) is 0 Å². The van der Waals surface area contributed by atoms with Crippen LogP contribution in [0, 0.1) is 0 Å². The molecule has 0 heterocycles. The predicted octanol–water partition coefficient (Wildman–Crippen LogP) is 3.26. The van der Waals surface area contributed by atoms with Gasteiger partial charge in [-0.05, 0) is 29.8 Å². The van der Waals surface area contributed by atoms with Crippen LogP contribution in [0.2, 0.25) is 0 Å². The Balaban J connectivity index is 2.12. The van der Waals surface area contributed by atoms with Crippen LogP contribution in [-0.2, 0) is 20.7 Å². The van der Waals surface area contributed by atoms with Crippen LogP contribution in [0.15, 0.2) is 66.9 Å². The zero-order chi connectivity index (χ0) is 22.1. The summed E-state index contributed by atoms with van der Waals surface area (Å²) in [7, 11) is 1.24. The molecule has 0 aliphatic heterocycles. The van der Waals surface area contributed by atoms with Gasteiger partial charge in [0, 0.05) is 24.4 Å². The molecular formula is C21H19F3N2O4. The van der Waals surface area contributed by atoms with E-state index < -0.39 is 29.9 Å². The van der Waals surface area contributed by atoms with Crippen molar-refractivity contribution in [1.82, 2.24) is 5.32 Å². The standard InChI is InChI=1S/C21H19F3N2O4/c1-30-20(29)15-7-9-16(10-8-15)26-19(28)17(13-14-5-3-2-4-6-14)25-12-11-18(27)21(22,23)24/h2-12,17,25H,13H2,1H3,(H,26,28). The maximum atomic E-state index is 12.7. The van der Waals surface area contributed by atoms with Gasteiger partial charge in [-0.2, -0.15) is 13.2 Å². The number of hydrogen-bond donors (Lipinski definition) is 2. The first kappa shape index (κ1) is 22.7. The fraction of sp³-hybridized carbons (Fsp3) is 0.190. The number of amides is 1. The van der Waals surface area contributed by atoms with Crippen molar-refractivity contribution in [1.29, 1.82) is 0 Å². The van der Waals surface area contributed by atoms with Gasteiger partial charge in [-0.3, -0.25) is 9.59 Å². The van der Waals surface area contributed by atoms with Gasteiger partial charge < -0.3 is 15.4 Å². The summed E-state index contributed by atoms with van der Waals surface area (Å²) in [6.45, 7) is 0. The minimum Gasteiger partial charge on any atom is -0.465 e. The van der Waals surface area contributed by atoms with E-state index in [0.717, 1.165) is 11.8 Å². The van der Waals surface area contributed by atoms with Crippen molar-refractivity contribution >= 4 is 23.3 Å². The molecule has 6 nitrogen and oxygen atoms in total. The summed E-state index contributed by atoms with van der Waals surface area (Å²) in [4.78, 5) is 35.1. The predicted molar refractivity (Wildman–Crippen MR) is 104 cm³/mol. The highest BCUT2D eigenvalue weighted by molar-refractivity contribution is 5.97. The van der Waals surface area contributed by atoms with Crippen LogP contribution in [0.5, 0.6) is 0 Å². The first-order valence-electron chi connectivity index (χ1n) is 8.77. The zero-order valence-corrected chi connectivity index (χ0v) is 15.9. The Morgan fingerprint density at radius 2 is 1.67 bits per heavy atom. The summed E-state index contributed by atoms with van der Waals surface area (Å²) < 4.78 is 41.6. The molecule has 0 aliphatic carbocycles. The van der Waals surface area contributed by atoms with Gasteiger partial charge in [0.2, 0.25) is 5.91 Å². The molecule has 0 saturated heterocycles. The SMILES string of the molecule is COC(=O)c1ccc(NC(=O)C(Cc2ccccc2)NC=CC(=O)C(F)(F)F)cc1. The van der Waals surface area contributed by atoms with E-state index in [9.17, 15) is 27.6 Å². The molecule has 30 heavy (non-hydrogen) atoms. The lowest BCUT2D eigenvalue weighted by atomic mass is 10.1. The lowest BCUT2D eigenvalue weighted by Crippen LogP contribution is -2.39. The number of ketones is 1. The van der Waals surface area contributed by atoms with Crippen LogP contribution in [0.1, 0.15) is 15.9 Å². The molecule has 1 amide bonds. The van der Waals surface area contributed by atoms with E-state index in [4.69, 9.17) is 0 Å². The van der Waals surface area contributed by atoms with Gasteiger partial charge in [-0.1, -0.05) is 30.3 Å². The third-order valence-electron chi connectivity index (χ3n) is 3.98. The van der Waals surface area contributed by atoms with Crippen molar-refractivity contribution in [3.05, 3.63) is 78.0 Å². The molecule has 0 radical (unpaired) electrons. The molecule has 2 aromatic rings. The number of methoxy groups -OCH3 is 1. The number of halogens is 3. The molecule has 2 N–H and O–H groups in total. The molecule has 0 aromatic heterocycles. The van der Waals surface area contributed by atoms with Gasteiger partial charge in [-0.25, -0.2) is 4.79 Å². The molecule has 0 aliphatic rings. The van der Waals surface area contributed by atoms with Gasteiger partial charge in [0.25, 0.3) is 5.78 Å². The van der Waals surface area contributed by atoms with Crippen molar-refractivity contribution in [3.63, 3.8) is 0 Å². The summed E-state index contributed by atoms with van der Waals surface area (Å²) in [6.07, 6.45) is -3.69. The summed E-state index contributed by atoms with van der Waals surface area (Å²) in [6, 6.07) is 13.8. The summed E-state index contributed by atoms with van der Waals surface area (Å²) in [5, 5.41) is 5.16. The van der Waals surface area contributed by atoms with E-state index in [-0.39, 0.29) is 6.42 Å². The number of carbonyl (C=O) groups excluding carboxylic acids is 3. The number of carbonyl (C=O) groups is 3. The number of esters is 1. The monoisotopic (exact) mass is 420 g/mol. The van der Waals surface area contributed by atoms with Gasteiger partial charge in [0.1, 0.15) is 6.04 Å². The van der Waals surface area contributed by atoms with Crippen LogP contribution < -0.4 is 10.6 Å². The normalized spacial score (nSPS) is 12.3. The molecule has 158 valence electrons. The third-order valence-corrected chi connectivity index (χ3v) is 3.98. The van der Waals surface area contributed by atoms with E-state index in [1.165, 1.54) is 31.4 Å². The average Bonchev–Trinajstić information content (AvgIpc) is 2.73. The smallest absolute Gasteiger partial charge is 0.454 e. The Kier molecular flexibility index (Phi) is 7.74. The van der Waals surface area contributed by atoms with E-state index in [1.54, 1.807) is 30.3 Å². The Labute approximate surface area is 170 Å². The number of nitrogens with one attached hydrogen (secondary N) is 2. The maximum absolute atomic E-state index is 12.7. The van der Waals surface area contributed by atoms with Gasteiger partial charge in [0.05, 0.1) is 12.7 Å². The highest BCUT2D eigenvalue weighted by Gasteiger charge is 2.36. The second kappa shape index (κ2) is 10.2. The summed E-state index contributed by atoms with van der Waals surface area (Å²) >= 11 is 0. The quantitative estimate of drug-likeness (QED) is 0.506. The fourth-order valence-corrected chi connectivity index (χ4v) is 2.45. The average molecular weight is 420 g/mol. The Morgan fingerprint density at radius 3 is 2.23 bits per heavy atom. The van der Waals surface area contributed by atoms with E-state index in [1.807, 2.05) is 0 Å². The van der Waals surface area contributed by atoms with Crippen LogP contribution >= 0.6 is 0 Å². The molecule has 1 atom stereocenters. The maximum Gasteiger partial charge on any atom is 0.454 e. The number of rotatable bonds is 8. The van der Waals surface area contributed by atoms with Crippen LogP contribution in [0.25, 0.3) is 0 Å². The molecule has 0 spiro atoms. The molecule has 1 unspecified atom stereocenters. The van der Waals surface area contributed by atoms with Gasteiger partial charge >= 0.3 is 12.1 Å². The molecule has 0 fully saturated rings. The first-order valence-corrected chi connectivity index (χ1v) is 8.77. The molecule has 9 heteroatoms. The highest BCUT2D eigenvalue weighted by atomic mass is 19.4. The van der Waals surface area contributed by atoms with E-state index in [2.05, 4.69) is 15.4 Å².